The normalized spacial score (nSPS) is 5.29. The Kier molecular flexibility index (Phi) is 20.9. The van der Waals surface area contributed by atoms with Crippen LogP contribution >= 0.6 is 0 Å². The lowest BCUT2D eigenvalue weighted by Gasteiger charge is -1.71. The van der Waals surface area contributed by atoms with Crippen LogP contribution in [0.3, 0.4) is 0 Å². The zero-order valence-corrected chi connectivity index (χ0v) is 4.06. The van der Waals surface area contributed by atoms with E-state index in [1.165, 1.54) is 0 Å². The van der Waals surface area contributed by atoms with E-state index in [0.29, 0.717) is 0 Å². The fourth-order valence-corrected chi connectivity index (χ4v) is 0. The molecule has 4 nitrogen and oxygen atoms in total. The van der Waals surface area contributed by atoms with Crippen LogP contribution in [0.1, 0.15) is 13.3 Å². The van der Waals surface area contributed by atoms with E-state index in [1.54, 1.807) is 6.92 Å². The summed E-state index contributed by atoms with van der Waals surface area (Å²) in [4.78, 5) is 9.37. The Balaban J connectivity index is -0.0000000800. The summed E-state index contributed by atoms with van der Waals surface area (Å²) < 4.78 is 0. The Labute approximate surface area is 41.4 Å². The van der Waals surface area contributed by atoms with Crippen LogP contribution in [0.2, 0.25) is 0 Å². The first-order chi connectivity index (χ1) is 2.27. The number of hydrogen-bond acceptors (Lipinski definition) is 1. The molecule has 0 aliphatic rings. The van der Waals surface area contributed by atoms with E-state index >= 15 is 0 Å². The van der Waals surface area contributed by atoms with E-state index in [2.05, 4.69) is 0 Å². The highest BCUT2D eigenvalue weighted by Gasteiger charge is 1.80. The van der Waals surface area contributed by atoms with Crippen LogP contribution in [0.4, 0.5) is 0 Å². The predicted octanol–water partition coefficient (Wildman–Crippen LogP) is -1.17. The van der Waals surface area contributed by atoms with Crippen LogP contribution in [0.5, 0.6) is 0 Å². The molecule has 0 saturated carbocycles. The van der Waals surface area contributed by atoms with Gasteiger partial charge in [-0.3, -0.25) is 4.79 Å². The quantitative estimate of drug-likeness (QED) is 0.460. The maximum Gasteiger partial charge on any atom is 0.303 e. The summed E-state index contributed by atoms with van der Waals surface area (Å²) in [6.07, 6.45) is 0.222. The van der Waals surface area contributed by atoms with Crippen LogP contribution < -0.4 is 0 Å². The summed E-state index contributed by atoms with van der Waals surface area (Å²) in [6, 6.07) is 0. The second-order valence-electron chi connectivity index (χ2n) is 0.747. The zero-order chi connectivity index (χ0) is 4.28. The summed E-state index contributed by atoms with van der Waals surface area (Å²) in [5.74, 6) is -0.745. The number of aliphatic carboxylic acids is 1. The number of carboxylic acids is 1. The van der Waals surface area contributed by atoms with Crippen LogP contribution in [0.15, 0.2) is 0 Å². The molecule has 4 heteroatoms. The van der Waals surface area contributed by atoms with Gasteiger partial charge in [0.15, 0.2) is 0 Å². The van der Waals surface area contributed by atoms with Gasteiger partial charge in [0.25, 0.3) is 0 Å². The average molecular weight is 110 g/mol. The van der Waals surface area contributed by atoms with Gasteiger partial charge >= 0.3 is 5.97 Å². The molecule has 0 amide bonds. The molecule has 0 fully saturated rings. The van der Waals surface area contributed by atoms with Crippen molar-refractivity contribution in [1.82, 2.24) is 0 Å². The minimum atomic E-state index is -0.745. The van der Waals surface area contributed by atoms with Crippen molar-refractivity contribution >= 4 is 5.97 Å². The van der Waals surface area contributed by atoms with Gasteiger partial charge in [-0.15, -0.1) is 0 Å². The highest BCUT2D eigenvalue weighted by atomic mass is 16.4. The van der Waals surface area contributed by atoms with Gasteiger partial charge in [0.05, 0.1) is 0 Å². The van der Waals surface area contributed by atoms with Crippen molar-refractivity contribution in [3.8, 4) is 0 Å². The molecule has 0 bridgehead atoms. The maximum atomic E-state index is 9.37. The van der Waals surface area contributed by atoms with Gasteiger partial charge in [-0.1, -0.05) is 6.92 Å². The fourth-order valence-electron chi connectivity index (χ4n) is 0. The molecule has 0 radical (unpaired) electrons. The van der Waals surface area contributed by atoms with Crippen LogP contribution in [-0.4, -0.2) is 22.0 Å². The molecule has 5 N–H and O–H groups in total. The molecular weight excluding hydrogens is 100 g/mol. The van der Waals surface area contributed by atoms with Crippen molar-refractivity contribution in [3.63, 3.8) is 0 Å². The lowest BCUT2D eigenvalue weighted by molar-refractivity contribution is -0.136. The third-order valence-corrected chi connectivity index (χ3v) is 0.302. The van der Waals surface area contributed by atoms with Crippen molar-refractivity contribution in [2.45, 2.75) is 13.3 Å². The highest BCUT2D eigenvalue weighted by Crippen LogP contribution is 1.67. The molecule has 0 aliphatic heterocycles. The molecule has 0 rings (SSSR count). The van der Waals surface area contributed by atoms with E-state index in [4.69, 9.17) is 5.11 Å². The van der Waals surface area contributed by atoms with E-state index in [1.807, 2.05) is 0 Å². The van der Waals surface area contributed by atoms with E-state index < -0.39 is 5.97 Å². The Morgan fingerprint density at radius 2 is 1.71 bits per heavy atom. The van der Waals surface area contributed by atoms with Crippen molar-refractivity contribution < 1.29 is 20.9 Å². The van der Waals surface area contributed by atoms with E-state index in [-0.39, 0.29) is 17.4 Å². The molecular formula is C3H10O4. The SMILES string of the molecule is CCC(=O)O.O.O. The molecule has 0 aromatic rings. The summed E-state index contributed by atoms with van der Waals surface area (Å²) in [5, 5.41) is 7.72. The Morgan fingerprint density at radius 3 is 1.71 bits per heavy atom. The Morgan fingerprint density at radius 1 is 1.57 bits per heavy atom. The fraction of sp³-hybridized carbons (Fsp3) is 0.667. The Hall–Kier alpha value is -0.610. The van der Waals surface area contributed by atoms with E-state index in [0.717, 1.165) is 0 Å². The number of hydrogen-bond donors (Lipinski definition) is 1. The second kappa shape index (κ2) is 9.04. The highest BCUT2D eigenvalue weighted by molar-refractivity contribution is 5.66. The zero-order valence-electron chi connectivity index (χ0n) is 4.06. The molecule has 0 aliphatic carbocycles. The molecule has 0 aromatic carbocycles. The van der Waals surface area contributed by atoms with Gasteiger partial charge in [-0.2, -0.15) is 0 Å². The standard InChI is InChI=1S/C3H6O2.2H2O/c1-2-3(4)5;;/h2H2,1H3,(H,4,5);2*1H2. The first-order valence-electron chi connectivity index (χ1n) is 1.49. The topological polar surface area (TPSA) is 100 Å². The second-order valence-corrected chi connectivity index (χ2v) is 0.747. The van der Waals surface area contributed by atoms with Gasteiger partial charge in [0.2, 0.25) is 0 Å². The number of carbonyl (C=O) groups is 1. The maximum absolute atomic E-state index is 9.37. The molecule has 7 heavy (non-hydrogen) atoms. The van der Waals surface area contributed by atoms with Crippen molar-refractivity contribution in [3.05, 3.63) is 0 Å². The molecule has 0 saturated heterocycles. The van der Waals surface area contributed by atoms with Gasteiger partial charge in [-0.25, -0.2) is 0 Å². The molecule has 0 heterocycles. The smallest absolute Gasteiger partial charge is 0.303 e. The third kappa shape index (κ3) is 32.1. The summed E-state index contributed by atoms with van der Waals surface area (Å²) in [7, 11) is 0. The van der Waals surface area contributed by atoms with Crippen molar-refractivity contribution in [1.29, 1.82) is 0 Å². The molecule has 0 atom stereocenters. The number of carboxylic acid groups (broad SMARTS) is 1. The lowest BCUT2D eigenvalue weighted by Crippen LogP contribution is -1.86. The summed E-state index contributed by atoms with van der Waals surface area (Å²) in [6.45, 7) is 1.60. The van der Waals surface area contributed by atoms with Crippen molar-refractivity contribution in [2.75, 3.05) is 0 Å². The minimum Gasteiger partial charge on any atom is -0.481 e. The predicted molar refractivity (Wildman–Crippen MR) is 25.2 cm³/mol. The number of rotatable bonds is 1. The van der Waals surface area contributed by atoms with Gasteiger partial charge in [0.1, 0.15) is 0 Å². The molecule has 0 unspecified atom stereocenters. The molecule has 46 valence electrons. The van der Waals surface area contributed by atoms with Gasteiger partial charge in [-0.05, 0) is 0 Å². The monoisotopic (exact) mass is 110 g/mol. The summed E-state index contributed by atoms with van der Waals surface area (Å²) in [5.41, 5.74) is 0. The molecule has 0 aromatic heterocycles. The van der Waals surface area contributed by atoms with Gasteiger partial charge < -0.3 is 16.1 Å². The van der Waals surface area contributed by atoms with Crippen LogP contribution in [0, 0.1) is 0 Å². The summed E-state index contributed by atoms with van der Waals surface area (Å²) >= 11 is 0. The lowest BCUT2D eigenvalue weighted by atomic mass is 10.5. The Bertz CT molecular complexity index is 42.2. The van der Waals surface area contributed by atoms with E-state index in [9.17, 15) is 4.79 Å². The van der Waals surface area contributed by atoms with Gasteiger partial charge in [0, 0.05) is 6.42 Å². The first-order valence-corrected chi connectivity index (χ1v) is 1.49. The largest absolute Gasteiger partial charge is 0.481 e. The average Bonchev–Trinajstić information content (AvgIpc) is 1.38. The molecule has 0 spiro atoms. The van der Waals surface area contributed by atoms with Crippen molar-refractivity contribution in [2.24, 2.45) is 0 Å². The first kappa shape index (κ1) is 16.2. The third-order valence-electron chi connectivity index (χ3n) is 0.302. The minimum absolute atomic E-state index is 0. The van der Waals surface area contributed by atoms with Crippen LogP contribution in [0.25, 0.3) is 0 Å². The van der Waals surface area contributed by atoms with Crippen LogP contribution in [-0.2, 0) is 4.79 Å².